The van der Waals surface area contributed by atoms with Gasteiger partial charge in [0.1, 0.15) is 0 Å². The SMILES string of the molecule is CCCC(CN)(CCC)N1CCc2ccccc2CC1. The molecule has 2 nitrogen and oxygen atoms in total. The summed E-state index contributed by atoms with van der Waals surface area (Å²) in [5, 5.41) is 0. The van der Waals surface area contributed by atoms with Crippen molar-refractivity contribution >= 4 is 0 Å². The predicted molar refractivity (Wildman–Crippen MR) is 87.0 cm³/mol. The van der Waals surface area contributed by atoms with E-state index < -0.39 is 0 Å². The minimum Gasteiger partial charge on any atom is -0.329 e. The second-order valence-electron chi connectivity index (χ2n) is 6.18. The van der Waals surface area contributed by atoms with E-state index in [1.807, 2.05) is 0 Å². The Hall–Kier alpha value is -0.860. The van der Waals surface area contributed by atoms with E-state index >= 15 is 0 Å². The zero-order valence-electron chi connectivity index (χ0n) is 13.2. The Kier molecular flexibility index (Phi) is 5.62. The summed E-state index contributed by atoms with van der Waals surface area (Å²) < 4.78 is 0. The number of fused-ring (bicyclic) bond motifs is 1. The average molecular weight is 274 g/mol. The van der Waals surface area contributed by atoms with Crippen molar-refractivity contribution in [1.82, 2.24) is 4.90 Å². The summed E-state index contributed by atoms with van der Waals surface area (Å²) >= 11 is 0. The molecule has 1 aromatic carbocycles. The number of nitrogens with two attached hydrogens (primary N) is 1. The van der Waals surface area contributed by atoms with Crippen LogP contribution in [0.25, 0.3) is 0 Å². The van der Waals surface area contributed by atoms with E-state index in [2.05, 4.69) is 43.0 Å². The Bertz CT molecular complexity index is 381. The summed E-state index contributed by atoms with van der Waals surface area (Å²) in [7, 11) is 0. The lowest BCUT2D eigenvalue weighted by molar-refractivity contribution is 0.0788. The van der Waals surface area contributed by atoms with Gasteiger partial charge in [0.15, 0.2) is 0 Å². The van der Waals surface area contributed by atoms with Crippen molar-refractivity contribution in [2.24, 2.45) is 5.73 Å². The molecule has 112 valence electrons. The second-order valence-corrected chi connectivity index (χ2v) is 6.18. The van der Waals surface area contributed by atoms with E-state index in [-0.39, 0.29) is 5.54 Å². The van der Waals surface area contributed by atoms with Crippen LogP contribution in [0.2, 0.25) is 0 Å². The highest BCUT2D eigenvalue weighted by molar-refractivity contribution is 5.28. The maximum Gasteiger partial charge on any atom is 0.0331 e. The molecule has 0 amide bonds. The molecule has 1 aliphatic heterocycles. The van der Waals surface area contributed by atoms with E-state index in [9.17, 15) is 0 Å². The van der Waals surface area contributed by atoms with E-state index in [4.69, 9.17) is 5.73 Å². The second kappa shape index (κ2) is 7.24. The number of hydrogen-bond acceptors (Lipinski definition) is 2. The molecular weight excluding hydrogens is 244 g/mol. The van der Waals surface area contributed by atoms with E-state index in [0.717, 1.165) is 19.6 Å². The zero-order valence-corrected chi connectivity index (χ0v) is 13.2. The number of rotatable bonds is 6. The third kappa shape index (κ3) is 3.24. The summed E-state index contributed by atoms with van der Waals surface area (Å²) in [4.78, 5) is 2.69. The van der Waals surface area contributed by atoms with Crippen molar-refractivity contribution in [1.29, 1.82) is 0 Å². The topological polar surface area (TPSA) is 29.3 Å². The highest BCUT2D eigenvalue weighted by Crippen LogP contribution is 2.29. The number of nitrogens with zero attached hydrogens (tertiary/aromatic N) is 1. The van der Waals surface area contributed by atoms with Crippen LogP contribution in [0.1, 0.15) is 50.7 Å². The van der Waals surface area contributed by atoms with Crippen molar-refractivity contribution < 1.29 is 0 Å². The van der Waals surface area contributed by atoms with Crippen molar-refractivity contribution in [2.75, 3.05) is 19.6 Å². The van der Waals surface area contributed by atoms with Gasteiger partial charge in [-0.1, -0.05) is 51.0 Å². The van der Waals surface area contributed by atoms with Gasteiger partial charge in [0.2, 0.25) is 0 Å². The number of hydrogen-bond donors (Lipinski definition) is 1. The molecule has 0 aromatic heterocycles. The molecule has 0 saturated carbocycles. The van der Waals surface area contributed by atoms with Gasteiger partial charge in [-0.2, -0.15) is 0 Å². The van der Waals surface area contributed by atoms with Gasteiger partial charge in [0.05, 0.1) is 0 Å². The Balaban J connectivity index is 2.16. The van der Waals surface area contributed by atoms with Gasteiger partial charge in [0, 0.05) is 25.2 Å². The first-order chi connectivity index (χ1) is 9.75. The van der Waals surface area contributed by atoms with Gasteiger partial charge in [-0.3, -0.25) is 4.90 Å². The van der Waals surface area contributed by atoms with Gasteiger partial charge in [-0.25, -0.2) is 0 Å². The fourth-order valence-electron chi connectivity index (χ4n) is 3.85. The van der Waals surface area contributed by atoms with Crippen LogP contribution in [0.5, 0.6) is 0 Å². The monoisotopic (exact) mass is 274 g/mol. The lowest BCUT2D eigenvalue weighted by Crippen LogP contribution is -2.54. The van der Waals surface area contributed by atoms with Crippen LogP contribution < -0.4 is 5.73 Å². The third-order valence-electron chi connectivity index (χ3n) is 4.90. The molecule has 0 atom stereocenters. The lowest BCUT2D eigenvalue weighted by Gasteiger charge is -2.43. The van der Waals surface area contributed by atoms with Crippen LogP contribution in [0.4, 0.5) is 0 Å². The average Bonchev–Trinajstić information content (AvgIpc) is 2.70. The first kappa shape index (κ1) is 15.5. The summed E-state index contributed by atoms with van der Waals surface area (Å²) in [6.07, 6.45) is 7.25. The zero-order chi connectivity index (χ0) is 14.4. The van der Waals surface area contributed by atoms with E-state index in [0.29, 0.717) is 0 Å². The van der Waals surface area contributed by atoms with Crippen LogP contribution in [0.3, 0.4) is 0 Å². The first-order valence-electron chi connectivity index (χ1n) is 8.27. The molecule has 0 fully saturated rings. The van der Waals surface area contributed by atoms with Gasteiger partial charge < -0.3 is 5.73 Å². The van der Waals surface area contributed by atoms with Crippen LogP contribution in [-0.2, 0) is 12.8 Å². The Morgan fingerprint density at radius 2 is 1.50 bits per heavy atom. The molecule has 0 spiro atoms. The Labute approximate surface area is 124 Å². The summed E-state index contributed by atoms with van der Waals surface area (Å²) in [6, 6.07) is 8.93. The fraction of sp³-hybridized carbons (Fsp3) is 0.667. The molecule has 1 aromatic rings. The van der Waals surface area contributed by atoms with Crippen molar-refractivity contribution in [3.8, 4) is 0 Å². The van der Waals surface area contributed by atoms with Crippen LogP contribution in [0, 0.1) is 0 Å². The van der Waals surface area contributed by atoms with Gasteiger partial charge >= 0.3 is 0 Å². The van der Waals surface area contributed by atoms with Crippen LogP contribution >= 0.6 is 0 Å². The van der Waals surface area contributed by atoms with Gasteiger partial charge in [-0.05, 0) is 36.8 Å². The molecule has 0 unspecified atom stereocenters. The third-order valence-corrected chi connectivity index (χ3v) is 4.90. The normalized spacial score (nSPS) is 16.8. The highest BCUT2D eigenvalue weighted by Gasteiger charge is 2.34. The molecule has 2 rings (SSSR count). The lowest BCUT2D eigenvalue weighted by atomic mass is 9.86. The fourth-order valence-corrected chi connectivity index (χ4v) is 3.85. The number of benzene rings is 1. The molecule has 1 aliphatic rings. The van der Waals surface area contributed by atoms with Crippen LogP contribution in [-0.4, -0.2) is 30.1 Å². The van der Waals surface area contributed by atoms with Crippen molar-refractivity contribution in [3.05, 3.63) is 35.4 Å². The molecule has 0 bridgehead atoms. The van der Waals surface area contributed by atoms with Gasteiger partial charge in [-0.15, -0.1) is 0 Å². The molecule has 0 saturated heterocycles. The minimum atomic E-state index is 0.228. The van der Waals surface area contributed by atoms with E-state index in [1.165, 1.54) is 49.7 Å². The molecule has 0 radical (unpaired) electrons. The van der Waals surface area contributed by atoms with Crippen molar-refractivity contribution in [2.45, 2.75) is 57.9 Å². The quantitative estimate of drug-likeness (QED) is 0.861. The first-order valence-corrected chi connectivity index (χ1v) is 8.27. The minimum absolute atomic E-state index is 0.228. The molecule has 1 heterocycles. The van der Waals surface area contributed by atoms with Crippen molar-refractivity contribution in [3.63, 3.8) is 0 Å². The van der Waals surface area contributed by atoms with Gasteiger partial charge in [0.25, 0.3) is 0 Å². The highest BCUT2D eigenvalue weighted by atomic mass is 15.2. The smallest absolute Gasteiger partial charge is 0.0331 e. The van der Waals surface area contributed by atoms with Crippen LogP contribution in [0.15, 0.2) is 24.3 Å². The summed E-state index contributed by atoms with van der Waals surface area (Å²) in [5.74, 6) is 0. The Morgan fingerprint density at radius 1 is 1.00 bits per heavy atom. The van der Waals surface area contributed by atoms with E-state index in [1.54, 1.807) is 0 Å². The maximum absolute atomic E-state index is 6.23. The Morgan fingerprint density at radius 3 is 1.90 bits per heavy atom. The molecule has 0 aliphatic carbocycles. The predicted octanol–water partition coefficient (Wildman–Crippen LogP) is 3.38. The molecular formula is C18H30N2. The molecule has 20 heavy (non-hydrogen) atoms. The largest absolute Gasteiger partial charge is 0.329 e. The summed E-state index contributed by atoms with van der Waals surface area (Å²) in [5.41, 5.74) is 9.52. The summed E-state index contributed by atoms with van der Waals surface area (Å²) in [6.45, 7) is 7.69. The molecule has 2 heteroatoms. The molecule has 2 N–H and O–H groups in total. The standard InChI is InChI=1S/C18H30N2/c1-3-11-18(15-19,12-4-2)20-13-9-16-7-5-6-8-17(16)10-14-20/h5-8H,3-4,9-15,19H2,1-2H3. The maximum atomic E-state index is 6.23.